The van der Waals surface area contributed by atoms with E-state index in [1.54, 1.807) is 12.3 Å². The van der Waals surface area contributed by atoms with Gasteiger partial charge in [0.1, 0.15) is 4.60 Å². The van der Waals surface area contributed by atoms with Crippen LogP contribution in [0.5, 0.6) is 0 Å². The summed E-state index contributed by atoms with van der Waals surface area (Å²) in [6, 6.07) is 3.61. The van der Waals surface area contributed by atoms with Gasteiger partial charge in [-0.1, -0.05) is 13.8 Å². The lowest BCUT2D eigenvalue weighted by molar-refractivity contribution is 0.0783. The summed E-state index contributed by atoms with van der Waals surface area (Å²) < 4.78 is 0.632. The molecule has 1 aliphatic heterocycles. The molecule has 3 nitrogen and oxygen atoms in total. The largest absolute Gasteiger partial charge is 0.338 e. The van der Waals surface area contributed by atoms with Crippen molar-refractivity contribution in [2.75, 3.05) is 13.1 Å². The van der Waals surface area contributed by atoms with Crippen molar-refractivity contribution in [3.05, 3.63) is 28.5 Å². The van der Waals surface area contributed by atoms with Crippen molar-refractivity contribution in [3.8, 4) is 0 Å². The van der Waals surface area contributed by atoms with Gasteiger partial charge in [-0.3, -0.25) is 4.79 Å². The highest BCUT2D eigenvalue weighted by Crippen LogP contribution is 2.25. The molecule has 86 valence electrons. The lowest BCUT2D eigenvalue weighted by atomic mass is 10.0. The Bertz CT molecular complexity index is 398. The smallest absolute Gasteiger partial charge is 0.256 e. The number of halogens is 1. The lowest BCUT2D eigenvalue weighted by Crippen LogP contribution is -2.29. The molecule has 0 radical (unpaired) electrons. The van der Waals surface area contributed by atoms with Crippen LogP contribution in [0.25, 0.3) is 0 Å². The molecule has 1 aromatic heterocycles. The Labute approximate surface area is 104 Å². The molecule has 0 aromatic carbocycles. The average Bonchev–Trinajstić information content (AvgIpc) is 2.59. The van der Waals surface area contributed by atoms with Gasteiger partial charge >= 0.3 is 0 Å². The molecule has 2 atom stereocenters. The zero-order valence-corrected chi connectivity index (χ0v) is 11.1. The molecule has 0 aliphatic carbocycles. The van der Waals surface area contributed by atoms with Crippen molar-refractivity contribution in [2.24, 2.45) is 11.8 Å². The zero-order valence-electron chi connectivity index (χ0n) is 9.48. The predicted molar refractivity (Wildman–Crippen MR) is 66.2 cm³/mol. The topological polar surface area (TPSA) is 33.2 Å². The molecule has 0 bridgehead atoms. The number of amides is 1. The van der Waals surface area contributed by atoms with Gasteiger partial charge in [-0.25, -0.2) is 4.98 Å². The fraction of sp³-hybridized carbons (Fsp3) is 0.500. The van der Waals surface area contributed by atoms with Crippen molar-refractivity contribution < 1.29 is 4.79 Å². The van der Waals surface area contributed by atoms with Gasteiger partial charge in [0.05, 0.1) is 5.56 Å². The number of aromatic nitrogens is 1. The maximum atomic E-state index is 12.2. The van der Waals surface area contributed by atoms with E-state index in [0.717, 1.165) is 13.1 Å². The summed E-state index contributed by atoms with van der Waals surface area (Å²) in [7, 11) is 0. The Morgan fingerprint density at radius 2 is 2.06 bits per heavy atom. The Kier molecular flexibility index (Phi) is 3.28. The number of hydrogen-bond acceptors (Lipinski definition) is 2. The third-order valence-corrected chi connectivity index (χ3v) is 3.90. The van der Waals surface area contributed by atoms with Crippen LogP contribution in [0.4, 0.5) is 0 Å². The minimum atomic E-state index is 0.0798. The Morgan fingerprint density at radius 3 is 2.62 bits per heavy atom. The number of carbonyl (C=O) groups excluding carboxylic acids is 1. The zero-order chi connectivity index (χ0) is 11.7. The third kappa shape index (κ3) is 2.12. The Morgan fingerprint density at radius 1 is 1.44 bits per heavy atom. The molecule has 0 spiro atoms. The molecule has 2 rings (SSSR count). The highest BCUT2D eigenvalue weighted by molar-refractivity contribution is 9.10. The molecule has 0 N–H and O–H groups in total. The van der Waals surface area contributed by atoms with Crippen LogP contribution >= 0.6 is 15.9 Å². The van der Waals surface area contributed by atoms with Gasteiger partial charge in [0.2, 0.25) is 0 Å². The molecule has 4 heteroatoms. The standard InChI is InChI=1S/C12H15BrN2O/c1-8-6-15(7-9(8)2)12(16)10-4-3-5-14-11(10)13/h3-5,8-9H,6-7H2,1-2H3. The number of pyridine rings is 1. The summed E-state index contributed by atoms with van der Waals surface area (Å²) >= 11 is 3.32. The van der Waals surface area contributed by atoms with Gasteiger partial charge in [-0.2, -0.15) is 0 Å². The van der Waals surface area contributed by atoms with Crippen molar-refractivity contribution in [1.82, 2.24) is 9.88 Å². The second-order valence-corrected chi connectivity index (χ2v) is 5.26. The third-order valence-electron chi connectivity index (χ3n) is 3.26. The van der Waals surface area contributed by atoms with E-state index in [2.05, 4.69) is 34.8 Å². The monoisotopic (exact) mass is 282 g/mol. The van der Waals surface area contributed by atoms with Gasteiger partial charge in [0, 0.05) is 19.3 Å². The molecule has 1 saturated heterocycles. The first kappa shape index (κ1) is 11.6. The molecule has 1 amide bonds. The maximum absolute atomic E-state index is 12.2. The van der Waals surface area contributed by atoms with Gasteiger partial charge in [0.25, 0.3) is 5.91 Å². The first-order valence-corrected chi connectivity index (χ1v) is 6.28. The van der Waals surface area contributed by atoms with Crippen LogP contribution in [0.2, 0.25) is 0 Å². The molecule has 1 aliphatic rings. The number of rotatable bonds is 1. The van der Waals surface area contributed by atoms with E-state index >= 15 is 0 Å². The first-order chi connectivity index (χ1) is 7.59. The van der Waals surface area contributed by atoms with E-state index in [0.29, 0.717) is 22.0 Å². The van der Waals surface area contributed by atoms with Gasteiger partial charge in [0.15, 0.2) is 0 Å². The summed E-state index contributed by atoms with van der Waals surface area (Å²) in [4.78, 5) is 18.2. The normalized spacial score (nSPS) is 24.8. The minimum Gasteiger partial charge on any atom is -0.338 e. The fourth-order valence-electron chi connectivity index (χ4n) is 2.01. The Hall–Kier alpha value is -0.900. The van der Waals surface area contributed by atoms with E-state index in [1.807, 2.05) is 11.0 Å². The summed E-state index contributed by atoms with van der Waals surface area (Å²) in [5.41, 5.74) is 0.656. The summed E-state index contributed by atoms with van der Waals surface area (Å²) in [6.45, 7) is 6.08. The number of likely N-dealkylation sites (tertiary alicyclic amines) is 1. The second-order valence-electron chi connectivity index (χ2n) is 4.51. The molecular formula is C12H15BrN2O. The number of carbonyl (C=O) groups is 1. The van der Waals surface area contributed by atoms with Crippen LogP contribution in [-0.4, -0.2) is 28.9 Å². The molecule has 1 aromatic rings. The van der Waals surface area contributed by atoms with Crippen LogP contribution in [0, 0.1) is 11.8 Å². The van der Waals surface area contributed by atoms with Crippen LogP contribution in [0.15, 0.2) is 22.9 Å². The van der Waals surface area contributed by atoms with Gasteiger partial charge < -0.3 is 4.90 Å². The van der Waals surface area contributed by atoms with Gasteiger partial charge in [-0.05, 0) is 39.9 Å². The highest BCUT2D eigenvalue weighted by atomic mass is 79.9. The summed E-state index contributed by atoms with van der Waals surface area (Å²) in [5.74, 6) is 1.25. The highest BCUT2D eigenvalue weighted by Gasteiger charge is 2.30. The van der Waals surface area contributed by atoms with Crippen LogP contribution < -0.4 is 0 Å². The Balaban J connectivity index is 2.18. The predicted octanol–water partition coefficient (Wildman–Crippen LogP) is 2.57. The van der Waals surface area contributed by atoms with E-state index in [-0.39, 0.29) is 5.91 Å². The van der Waals surface area contributed by atoms with Crippen LogP contribution in [-0.2, 0) is 0 Å². The van der Waals surface area contributed by atoms with Crippen LogP contribution in [0.3, 0.4) is 0 Å². The molecule has 16 heavy (non-hydrogen) atoms. The second kappa shape index (κ2) is 4.53. The fourth-order valence-corrected chi connectivity index (χ4v) is 2.43. The summed E-state index contributed by atoms with van der Waals surface area (Å²) in [6.07, 6.45) is 1.68. The molecule has 2 heterocycles. The van der Waals surface area contributed by atoms with Crippen molar-refractivity contribution in [3.63, 3.8) is 0 Å². The molecular weight excluding hydrogens is 268 g/mol. The number of hydrogen-bond donors (Lipinski definition) is 0. The lowest BCUT2D eigenvalue weighted by Gasteiger charge is -2.16. The summed E-state index contributed by atoms with van der Waals surface area (Å²) in [5, 5.41) is 0. The molecule has 0 saturated carbocycles. The average molecular weight is 283 g/mol. The molecule has 1 fully saturated rings. The van der Waals surface area contributed by atoms with Crippen LogP contribution in [0.1, 0.15) is 24.2 Å². The van der Waals surface area contributed by atoms with E-state index in [9.17, 15) is 4.79 Å². The molecule has 2 unspecified atom stereocenters. The van der Waals surface area contributed by atoms with Gasteiger partial charge in [-0.15, -0.1) is 0 Å². The van der Waals surface area contributed by atoms with Crippen molar-refractivity contribution in [1.29, 1.82) is 0 Å². The SMILES string of the molecule is CC1CN(C(=O)c2cccnc2Br)CC1C. The van der Waals surface area contributed by atoms with E-state index in [4.69, 9.17) is 0 Å². The first-order valence-electron chi connectivity index (χ1n) is 5.49. The van der Waals surface area contributed by atoms with Crippen molar-refractivity contribution >= 4 is 21.8 Å². The minimum absolute atomic E-state index is 0.0798. The van der Waals surface area contributed by atoms with E-state index in [1.165, 1.54) is 0 Å². The van der Waals surface area contributed by atoms with E-state index < -0.39 is 0 Å². The van der Waals surface area contributed by atoms with Crippen molar-refractivity contribution in [2.45, 2.75) is 13.8 Å². The number of nitrogens with zero attached hydrogens (tertiary/aromatic N) is 2. The maximum Gasteiger partial charge on any atom is 0.256 e. The quantitative estimate of drug-likeness (QED) is 0.742.